The zero-order valence-electron chi connectivity index (χ0n) is 35.2. The fraction of sp³-hybridized carbons (Fsp3) is 0.436. The van der Waals surface area contributed by atoms with Crippen molar-refractivity contribution >= 4 is 101 Å². The monoisotopic (exact) mass is 1260 g/mol. The Balaban J connectivity index is -0.000000168. The Hall–Kier alpha value is -0.946. The predicted octanol–water partition coefficient (Wildman–Crippen LogP) is 3.46. The summed E-state index contributed by atoms with van der Waals surface area (Å²) in [4.78, 5) is 76.5. The van der Waals surface area contributed by atoms with Crippen molar-refractivity contribution in [1.82, 2.24) is 0 Å². The fourth-order valence-corrected chi connectivity index (χ4v) is 5.67. The Bertz CT molecular complexity index is 1860. The molecule has 1 aliphatic rings. The number of alkyl halides is 2. The molecule has 3 aromatic carbocycles. The molecule has 0 aromatic heterocycles. The van der Waals surface area contributed by atoms with E-state index in [1.165, 1.54) is 42.5 Å². The SMILES string of the molecule is C.C.Cc1cc([N+](=O)[O-])ccc1N.Cc1cc([N+](=O)[O-])ccc1N1CCCCC1=O.Cc1cc([N+](=O)[O-])ccc1NC(=O)CCCCBr.O=C(Cl)CCCCBr.O=CO[O-].[Cs+].[Cs+].[H-]. The van der Waals surface area contributed by atoms with Gasteiger partial charge in [-0.1, -0.05) is 46.7 Å². The van der Waals surface area contributed by atoms with Crippen molar-refractivity contribution in [3.05, 3.63) is 102 Å². The molecule has 62 heavy (non-hydrogen) atoms. The predicted molar refractivity (Wildman–Crippen MR) is 241 cm³/mol. The van der Waals surface area contributed by atoms with Gasteiger partial charge in [0.2, 0.25) is 17.1 Å². The number of nitro groups is 3. The van der Waals surface area contributed by atoms with E-state index in [0.717, 1.165) is 66.0 Å². The third-order valence-electron chi connectivity index (χ3n) is 7.75. The molecular formula is C39H55Br2ClCs2N6O12. The number of carbonyl (C=O) groups excluding carboxylic acids is 4. The van der Waals surface area contributed by atoms with Gasteiger partial charge in [0.15, 0.2) is 0 Å². The molecule has 3 aromatic rings. The number of nitrogen functional groups attached to an aromatic ring is 1. The van der Waals surface area contributed by atoms with Gasteiger partial charge in [0.05, 0.1) is 14.8 Å². The molecule has 0 bridgehead atoms. The van der Waals surface area contributed by atoms with Gasteiger partial charge in [0.25, 0.3) is 23.5 Å². The summed E-state index contributed by atoms with van der Waals surface area (Å²) < 4.78 is 0. The van der Waals surface area contributed by atoms with Gasteiger partial charge in [-0.2, -0.15) is 0 Å². The summed E-state index contributed by atoms with van der Waals surface area (Å²) in [6.45, 7) is 5.80. The minimum Gasteiger partial charge on any atom is -1.00 e. The first kappa shape index (κ1) is 70.1. The van der Waals surface area contributed by atoms with Crippen molar-refractivity contribution in [2.75, 3.05) is 33.2 Å². The number of nitrogens with two attached hydrogens (primary N) is 1. The Labute approximate surface area is 503 Å². The second-order valence-electron chi connectivity index (χ2n) is 12.2. The molecule has 2 amide bonds. The molecule has 1 fully saturated rings. The molecular weight excluding hydrogens is 1210 g/mol. The molecule has 0 aliphatic carbocycles. The number of benzene rings is 3. The van der Waals surface area contributed by atoms with Crippen molar-refractivity contribution in [3.63, 3.8) is 0 Å². The maximum absolute atomic E-state index is 11.8. The number of hydrogen-bond acceptors (Lipinski definition) is 13. The number of anilines is 3. The van der Waals surface area contributed by atoms with E-state index in [0.29, 0.717) is 42.7 Å². The van der Waals surface area contributed by atoms with Gasteiger partial charge < -0.3 is 27.5 Å². The maximum Gasteiger partial charge on any atom is 1.00 e. The number of nitrogens with one attached hydrogen (secondary N) is 1. The Morgan fingerprint density at radius 3 is 1.66 bits per heavy atom. The number of hydrogen-bond donors (Lipinski definition) is 2. The van der Waals surface area contributed by atoms with Crippen LogP contribution < -0.4 is 159 Å². The average Bonchev–Trinajstić information content (AvgIpc) is 3.18. The number of amides is 2. The summed E-state index contributed by atoms with van der Waals surface area (Å²) >= 11 is 11.6. The second kappa shape index (κ2) is 41.5. The van der Waals surface area contributed by atoms with Crippen LogP contribution in [0.3, 0.4) is 0 Å². The number of aryl methyl sites for hydroxylation is 3. The molecule has 1 heterocycles. The molecule has 3 N–H and O–H groups in total. The number of halogens is 3. The van der Waals surface area contributed by atoms with Crippen LogP contribution in [0.15, 0.2) is 54.6 Å². The Morgan fingerprint density at radius 2 is 1.26 bits per heavy atom. The van der Waals surface area contributed by atoms with Crippen LogP contribution in [0.25, 0.3) is 0 Å². The van der Waals surface area contributed by atoms with E-state index in [9.17, 15) is 44.7 Å². The maximum atomic E-state index is 11.8. The van der Waals surface area contributed by atoms with E-state index in [2.05, 4.69) is 42.1 Å². The summed E-state index contributed by atoms with van der Waals surface area (Å²) in [5.74, 6) is 0.0427. The number of carbonyl (C=O) groups is 4. The zero-order chi connectivity index (χ0) is 44.2. The van der Waals surface area contributed by atoms with Gasteiger partial charge in [-0.25, -0.2) is 0 Å². The molecule has 23 heteroatoms. The van der Waals surface area contributed by atoms with Crippen LogP contribution in [-0.4, -0.2) is 55.5 Å². The summed E-state index contributed by atoms with van der Waals surface area (Å²) in [5, 5.41) is 44.2. The molecule has 4 rings (SSSR count). The van der Waals surface area contributed by atoms with E-state index in [1.54, 1.807) is 37.8 Å². The van der Waals surface area contributed by atoms with E-state index >= 15 is 0 Å². The van der Waals surface area contributed by atoms with Crippen LogP contribution in [0.2, 0.25) is 0 Å². The standard InChI is InChI=1S/C12H15BrN2O3.C12H14N2O3.C7H8N2O2.C5H8BrClO.CH2O3.2CH4.2Cs.H/c1-9-8-10(15(17)18)5-6-11(9)14-12(16)4-2-3-7-13;1-9-8-10(14(16)17)5-6-11(9)13-7-3-2-4-12(13)15;1-5-4-6(9(10)11)2-3-7(5)8;6-4-2-1-3-5(7)8;2-1-4-3;;;;;/h5-6,8H,2-4,7H2,1H3,(H,14,16);5-6,8H,2-4,7H2,1H3;2-4H,8H2,1H3;1-4H2;1,3H;2*1H4;;;/q;;;;;;;2*+1;-1/p-1. The molecule has 0 atom stereocenters. The molecule has 1 saturated heterocycles. The van der Waals surface area contributed by atoms with Gasteiger partial charge in [-0.3, -0.25) is 49.5 Å². The quantitative estimate of drug-likeness (QED) is 0.0343. The number of non-ortho nitro benzene ring substituents is 3. The van der Waals surface area contributed by atoms with Crippen LogP contribution >= 0.6 is 43.5 Å². The van der Waals surface area contributed by atoms with Crippen LogP contribution in [-0.2, 0) is 24.1 Å². The zero-order valence-corrected chi connectivity index (χ0v) is 50.6. The van der Waals surface area contributed by atoms with E-state index in [1.807, 2.05) is 0 Å². The third-order valence-corrected chi connectivity index (χ3v) is 9.06. The molecule has 1 aliphatic heterocycles. The molecule has 0 radical (unpaired) electrons. The van der Waals surface area contributed by atoms with Crippen LogP contribution in [0.4, 0.5) is 34.1 Å². The molecule has 336 valence electrons. The van der Waals surface area contributed by atoms with Gasteiger partial charge >= 0.3 is 138 Å². The molecule has 18 nitrogen and oxygen atoms in total. The number of unbranched alkanes of at least 4 members (excludes halogenated alkanes) is 2. The van der Waals surface area contributed by atoms with Crippen LogP contribution in [0.1, 0.15) is 90.8 Å². The second-order valence-corrected chi connectivity index (χ2v) is 14.2. The van der Waals surface area contributed by atoms with Crippen molar-refractivity contribution in [2.24, 2.45) is 0 Å². The van der Waals surface area contributed by atoms with Gasteiger partial charge in [0.1, 0.15) is 0 Å². The first-order valence-electron chi connectivity index (χ1n) is 17.6. The Kier molecular flexibility index (Phi) is 46.9. The van der Waals surface area contributed by atoms with E-state index in [-0.39, 0.29) is 195 Å². The third kappa shape index (κ3) is 31.1. The largest absolute Gasteiger partial charge is 1.00 e. The van der Waals surface area contributed by atoms with Crippen LogP contribution in [0, 0.1) is 51.1 Å². The van der Waals surface area contributed by atoms with Gasteiger partial charge in [-0.15, -0.1) is 0 Å². The smallest absolute Gasteiger partial charge is 1.00 e. The molecule has 0 saturated carbocycles. The minimum absolute atomic E-state index is 0. The van der Waals surface area contributed by atoms with Gasteiger partial charge in [0, 0.05) is 89.9 Å². The first-order valence-corrected chi connectivity index (χ1v) is 20.2. The van der Waals surface area contributed by atoms with E-state index in [4.69, 9.17) is 27.4 Å². The summed E-state index contributed by atoms with van der Waals surface area (Å²) in [6, 6.07) is 13.4. The Morgan fingerprint density at radius 1 is 0.806 bits per heavy atom. The van der Waals surface area contributed by atoms with E-state index < -0.39 is 14.8 Å². The fourth-order valence-electron chi connectivity index (χ4n) is 4.74. The first-order chi connectivity index (χ1) is 27.4. The number of nitro benzene ring substituents is 3. The van der Waals surface area contributed by atoms with Crippen molar-refractivity contribution in [1.29, 1.82) is 0 Å². The number of nitrogens with zero attached hydrogens (tertiary/aromatic N) is 4. The average molecular weight is 1260 g/mol. The summed E-state index contributed by atoms with van der Waals surface area (Å²) in [5.41, 5.74) is 9.85. The number of piperidine rings is 1. The molecule has 0 spiro atoms. The topological polar surface area (TPSA) is 271 Å². The van der Waals surface area contributed by atoms with Crippen molar-refractivity contribution in [2.45, 2.75) is 93.4 Å². The normalized spacial score (nSPS) is 10.6. The van der Waals surface area contributed by atoms with Crippen LogP contribution in [0.5, 0.6) is 0 Å². The van der Waals surface area contributed by atoms with Crippen molar-refractivity contribution < 1.29 is 183 Å². The minimum atomic E-state index is -0.450. The molecule has 0 unspecified atom stereocenters. The summed E-state index contributed by atoms with van der Waals surface area (Å²) in [6.07, 6.45) is 7.15. The number of rotatable bonds is 14. The van der Waals surface area contributed by atoms with Crippen molar-refractivity contribution in [3.8, 4) is 0 Å². The summed E-state index contributed by atoms with van der Waals surface area (Å²) in [7, 11) is 0. The van der Waals surface area contributed by atoms with Gasteiger partial charge in [-0.05, 0) is 106 Å².